The van der Waals surface area contributed by atoms with Gasteiger partial charge in [-0.2, -0.15) is 13.2 Å². The van der Waals surface area contributed by atoms with Crippen LogP contribution in [0.15, 0.2) is 0 Å². The van der Waals surface area contributed by atoms with Gasteiger partial charge in [0.05, 0.1) is 13.2 Å². The molecular weight excluding hydrogens is 219 g/mol. The van der Waals surface area contributed by atoms with Gasteiger partial charge in [-0.05, 0) is 18.8 Å². The van der Waals surface area contributed by atoms with Crippen molar-refractivity contribution in [3.8, 4) is 0 Å². The zero-order valence-corrected chi connectivity index (χ0v) is 9.63. The summed E-state index contributed by atoms with van der Waals surface area (Å²) in [6.07, 6.45) is -0.437. The van der Waals surface area contributed by atoms with Gasteiger partial charge in [0.2, 0.25) is 0 Å². The Morgan fingerprint density at radius 3 is 2.50 bits per heavy atom. The molecule has 0 aromatic carbocycles. The van der Waals surface area contributed by atoms with Gasteiger partial charge in [-0.25, -0.2) is 0 Å². The highest BCUT2D eigenvalue weighted by Crippen LogP contribution is 2.29. The average Bonchev–Trinajstić information content (AvgIpc) is 2.15. The molecule has 2 atom stereocenters. The smallest absolute Gasteiger partial charge is 0.395 e. The lowest BCUT2D eigenvalue weighted by Gasteiger charge is -2.36. The second kappa shape index (κ2) is 5.87. The van der Waals surface area contributed by atoms with Crippen molar-refractivity contribution in [1.29, 1.82) is 0 Å². The Kier molecular flexibility index (Phi) is 5.05. The van der Waals surface area contributed by atoms with Crippen LogP contribution in [0.1, 0.15) is 32.6 Å². The number of nitrogens with zero attached hydrogens (tertiary/aromatic N) is 1. The third kappa shape index (κ3) is 4.70. The number of halogens is 3. The van der Waals surface area contributed by atoms with Crippen LogP contribution in [0, 0.1) is 5.92 Å². The minimum absolute atomic E-state index is 0.0162. The van der Waals surface area contributed by atoms with Crippen molar-refractivity contribution in [3.63, 3.8) is 0 Å². The lowest BCUT2D eigenvalue weighted by Crippen LogP contribution is -2.45. The molecule has 1 N–H and O–H groups in total. The molecule has 0 aromatic rings. The van der Waals surface area contributed by atoms with Crippen LogP contribution in [-0.4, -0.2) is 41.9 Å². The molecule has 1 aliphatic carbocycles. The SMILES string of the molecule is CC1CCCC(N(CCO)CC(F)(F)F)C1. The number of aliphatic hydroxyl groups is 1. The van der Waals surface area contributed by atoms with Crippen molar-refractivity contribution >= 4 is 0 Å². The molecule has 5 heteroatoms. The fourth-order valence-electron chi connectivity index (χ4n) is 2.48. The fourth-order valence-corrected chi connectivity index (χ4v) is 2.48. The number of hydrogen-bond acceptors (Lipinski definition) is 2. The van der Waals surface area contributed by atoms with Crippen LogP contribution in [0.2, 0.25) is 0 Å². The van der Waals surface area contributed by atoms with E-state index in [1.54, 1.807) is 0 Å². The first-order valence-corrected chi connectivity index (χ1v) is 5.84. The molecule has 0 spiro atoms. The average molecular weight is 239 g/mol. The van der Waals surface area contributed by atoms with Crippen LogP contribution in [0.3, 0.4) is 0 Å². The Morgan fingerprint density at radius 1 is 1.31 bits per heavy atom. The van der Waals surface area contributed by atoms with Crippen molar-refractivity contribution in [3.05, 3.63) is 0 Å². The van der Waals surface area contributed by atoms with E-state index in [1.807, 2.05) is 0 Å². The highest BCUT2D eigenvalue weighted by molar-refractivity contribution is 4.80. The molecule has 1 fully saturated rings. The molecule has 1 rings (SSSR count). The summed E-state index contributed by atoms with van der Waals surface area (Å²) in [6.45, 7) is 1.10. The van der Waals surface area contributed by atoms with Crippen molar-refractivity contribution in [2.75, 3.05) is 19.7 Å². The molecule has 0 radical (unpaired) electrons. The monoisotopic (exact) mass is 239 g/mol. The van der Waals surface area contributed by atoms with Gasteiger partial charge < -0.3 is 5.11 Å². The number of aliphatic hydroxyl groups excluding tert-OH is 1. The summed E-state index contributed by atoms with van der Waals surface area (Å²) >= 11 is 0. The Labute approximate surface area is 94.4 Å². The first-order valence-electron chi connectivity index (χ1n) is 5.84. The quantitative estimate of drug-likeness (QED) is 0.814. The molecular formula is C11H20F3NO. The van der Waals surface area contributed by atoms with Crippen molar-refractivity contribution < 1.29 is 18.3 Å². The standard InChI is InChI=1S/C11H20F3NO/c1-9-3-2-4-10(7-9)15(5-6-16)8-11(12,13)14/h9-10,16H,2-8H2,1H3. The first-order chi connectivity index (χ1) is 7.42. The van der Waals surface area contributed by atoms with Crippen LogP contribution < -0.4 is 0 Å². The van der Waals surface area contributed by atoms with Gasteiger partial charge >= 0.3 is 6.18 Å². The molecule has 0 bridgehead atoms. The highest BCUT2D eigenvalue weighted by Gasteiger charge is 2.34. The molecule has 0 aliphatic heterocycles. The lowest BCUT2D eigenvalue weighted by molar-refractivity contribution is -0.153. The normalized spacial score (nSPS) is 27.4. The molecule has 0 aromatic heterocycles. The predicted octanol–water partition coefficient (Wildman–Crippen LogP) is 2.42. The van der Waals surface area contributed by atoms with Gasteiger partial charge in [-0.3, -0.25) is 4.90 Å². The minimum Gasteiger partial charge on any atom is -0.395 e. The van der Waals surface area contributed by atoms with E-state index in [0.717, 1.165) is 25.7 Å². The van der Waals surface area contributed by atoms with Crippen LogP contribution >= 0.6 is 0 Å². The van der Waals surface area contributed by atoms with Gasteiger partial charge in [-0.1, -0.05) is 19.8 Å². The van der Waals surface area contributed by atoms with Crippen LogP contribution in [-0.2, 0) is 0 Å². The van der Waals surface area contributed by atoms with Crippen molar-refractivity contribution in [2.24, 2.45) is 5.92 Å². The van der Waals surface area contributed by atoms with E-state index in [9.17, 15) is 13.2 Å². The van der Waals surface area contributed by atoms with E-state index < -0.39 is 12.7 Å². The summed E-state index contributed by atoms with van der Waals surface area (Å²) in [7, 11) is 0. The summed E-state index contributed by atoms with van der Waals surface area (Å²) in [5.74, 6) is 0.494. The number of rotatable bonds is 4. The van der Waals surface area contributed by atoms with Crippen molar-refractivity contribution in [2.45, 2.75) is 44.8 Å². The summed E-state index contributed by atoms with van der Waals surface area (Å²) in [5.41, 5.74) is 0. The summed E-state index contributed by atoms with van der Waals surface area (Å²) < 4.78 is 37.1. The first kappa shape index (κ1) is 13.8. The van der Waals surface area contributed by atoms with E-state index >= 15 is 0 Å². The van der Waals surface area contributed by atoms with E-state index in [1.165, 1.54) is 4.90 Å². The summed E-state index contributed by atoms with van der Waals surface area (Å²) in [4.78, 5) is 1.38. The van der Waals surface area contributed by atoms with Gasteiger partial charge in [0, 0.05) is 12.6 Å². The van der Waals surface area contributed by atoms with Gasteiger partial charge in [0.15, 0.2) is 0 Å². The molecule has 1 saturated carbocycles. The molecule has 16 heavy (non-hydrogen) atoms. The van der Waals surface area contributed by atoms with E-state index in [-0.39, 0.29) is 19.2 Å². The Bertz CT molecular complexity index is 208. The maximum atomic E-state index is 12.4. The van der Waals surface area contributed by atoms with Gasteiger partial charge in [0.25, 0.3) is 0 Å². The topological polar surface area (TPSA) is 23.5 Å². The molecule has 0 amide bonds. The summed E-state index contributed by atoms with van der Waals surface area (Å²) in [5, 5.41) is 8.82. The zero-order valence-electron chi connectivity index (χ0n) is 9.63. The van der Waals surface area contributed by atoms with E-state index in [2.05, 4.69) is 6.92 Å². The molecule has 96 valence electrons. The van der Waals surface area contributed by atoms with Crippen molar-refractivity contribution in [1.82, 2.24) is 4.90 Å². The fraction of sp³-hybridized carbons (Fsp3) is 1.00. The molecule has 1 aliphatic rings. The summed E-state index contributed by atoms with van der Waals surface area (Å²) in [6, 6.07) is -0.0162. The third-order valence-electron chi connectivity index (χ3n) is 3.19. The Balaban J connectivity index is 2.54. The zero-order chi connectivity index (χ0) is 12.2. The second-order valence-corrected chi connectivity index (χ2v) is 4.73. The molecule has 2 nitrogen and oxygen atoms in total. The maximum Gasteiger partial charge on any atom is 0.401 e. The Hall–Kier alpha value is -0.290. The lowest BCUT2D eigenvalue weighted by atomic mass is 9.86. The number of alkyl halides is 3. The van der Waals surface area contributed by atoms with E-state index in [0.29, 0.717) is 5.92 Å². The highest BCUT2D eigenvalue weighted by atomic mass is 19.4. The molecule has 2 unspecified atom stereocenters. The molecule has 0 saturated heterocycles. The molecule has 0 heterocycles. The van der Waals surface area contributed by atoms with Gasteiger partial charge in [0.1, 0.15) is 0 Å². The maximum absolute atomic E-state index is 12.4. The Morgan fingerprint density at radius 2 is 2.00 bits per heavy atom. The van der Waals surface area contributed by atoms with Crippen LogP contribution in [0.5, 0.6) is 0 Å². The predicted molar refractivity (Wildman–Crippen MR) is 56.1 cm³/mol. The van der Waals surface area contributed by atoms with Gasteiger partial charge in [-0.15, -0.1) is 0 Å². The second-order valence-electron chi connectivity index (χ2n) is 4.73. The van der Waals surface area contributed by atoms with Crippen LogP contribution in [0.4, 0.5) is 13.2 Å². The van der Waals surface area contributed by atoms with Crippen LogP contribution in [0.25, 0.3) is 0 Å². The number of hydrogen-bond donors (Lipinski definition) is 1. The van der Waals surface area contributed by atoms with E-state index in [4.69, 9.17) is 5.11 Å². The largest absolute Gasteiger partial charge is 0.401 e. The minimum atomic E-state index is -4.17. The third-order valence-corrected chi connectivity index (χ3v) is 3.19.